The highest BCUT2D eigenvalue weighted by Gasteiger charge is 2.34. The molecule has 0 saturated heterocycles. The molecule has 1 N–H and O–H groups in total. The van der Waals surface area contributed by atoms with Gasteiger partial charge in [0, 0.05) is 19.1 Å². The number of nitrogens with zero attached hydrogens (tertiary/aromatic N) is 2. The van der Waals surface area contributed by atoms with Crippen molar-refractivity contribution in [1.29, 1.82) is 0 Å². The smallest absolute Gasteiger partial charge is 0.162 e. The molecule has 1 unspecified atom stereocenters. The van der Waals surface area contributed by atoms with E-state index in [0.717, 1.165) is 24.6 Å². The van der Waals surface area contributed by atoms with Gasteiger partial charge in [-0.3, -0.25) is 0 Å². The fraction of sp³-hybridized carbons (Fsp3) is 0.733. The Hall–Kier alpha value is -0.430. The van der Waals surface area contributed by atoms with Crippen LogP contribution in [0.1, 0.15) is 64.4 Å². The van der Waals surface area contributed by atoms with Gasteiger partial charge in [-0.2, -0.15) is 0 Å². The first kappa shape index (κ1) is 15.9. The lowest BCUT2D eigenvalue weighted by Gasteiger charge is -2.27. The Morgan fingerprint density at radius 2 is 2.00 bits per heavy atom. The zero-order valence-electron chi connectivity index (χ0n) is 12.8. The van der Waals surface area contributed by atoms with Crippen molar-refractivity contribution in [1.82, 2.24) is 9.97 Å². The largest absolute Gasteiger partial charge is 0.369 e. The van der Waals surface area contributed by atoms with E-state index in [9.17, 15) is 0 Å². The molecule has 1 atom stereocenters. The average Bonchev–Trinajstić information content (AvgIpc) is 3.25. The molecule has 20 heavy (non-hydrogen) atoms. The zero-order valence-corrected chi connectivity index (χ0v) is 15.0. The van der Waals surface area contributed by atoms with Gasteiger partial charge in [-0.15, -0.1) is 0 Å². The molecule has 112 valence electrons. The second kappa shape index (κ2) is 6.56. The van der Waals surface area contributed by atoms with Crippen LogP contribution >= 0.6 is 22.6 Å². The van der Waals surface area contributed by atoms with Crippen LogP contribution in [0.15, 0.2) is 0 Å². The number of rotatable bonds is 7. The summed E-state index contributed by atoms with van der Waals surface area (Å²) in [6, 6.07) is 0. The van der Waals surface area contributed by atoms with Gasteiger partial charge in [-0.1, -0.05) is 6.92 Å². The number of anilines is 1. The Balaban J connectivity index is 2.46. The molecule has 0 radical (unpaired) electrons. The van der Waals surface area contributed by atoms with Gasteiger partial charge in [0.15, 0.2) is 5.82 Å². The highest BCUT2D eigenvalue weighted by atomic mass is 127. The summed E-state index contributed by atoms with van der Waals surface area (Å²) in [6.45, 7) is 9.87. The minimum absolute atomic E-state index is 0.396. The molecule has 5 heteroatoms. The van der Waals surface area contributed by atoms with Crippen LogP contribution in [0.3, 0.4) is 0 Å². The quantitative estimate of drug-likeness (QED) is 0.715. The second-order valence-corrected chi connectivity index (χ2v) is 6.50. The molecule has 0 spiro atoms. The van der Waals surface area contributed by atoms with Crippen LogP contribution in [-0.2, 0) is 10.3 Å². The topological polar surface area (TPSA) is 47.0 Å². The van der Waals surface area contributed by atoms with Gasteiger partial charge >= 0.3 is 0 Å². The molecular formula is C15H24IN3O. The third-order valence-corrected chi connectivity index (χ3v) is 4.86. The molecular weight excluding hydrogens is 365 g/mol. The number of aromatic nitrogens is 2. The SMILES string of the molecule is CCNc1nc(C(C)(CC)OCC)nc(C2CC2)c1I. The summed E-state index contributed by atoms with van der Waals surface area (Å²) in [7, 11) is 0. The molecule has 1 aromatic heterocycles. The summed E-state index contributed by atoms with van der Waals surface area (Å²) in [4.78, 5) is 9.59. The summed E-state index contributed by atoms with van der Waals surface area (Å²) >= 11 is 2.37. The third kappa shape index (κ3) is 3.24. The van der Waals surface area contributed by atoms with Gasteiger partial charge in [0.05, 0.1) is 9.26 Å². The van der Waals surface area contributed by atoms with E-state index in [4.69, 9.17) is 14.7 Å². The maximum Gasteiger partial charge on any atom is 0.162 e. The zero-order chi connectivity index (χ0) is 14.8. The molecule has 0 aromatic carbocycles. The summed E-state index contributed by atoms with van der Waals surface area (Å²) in [5, 5.41) is 3.36. The predicted octanol–water partition coefficient (Wildman–Crippen LogP) is 4.05. The van der Waals surface area contributed by atoms with E-state index < -0.39 is 5.60 Å². The van der Waals surface area contributed by atoms with Crippen molar-refractivity contribution in [3.63, 3.8) is 0 Å². The van der Waals surface area contributed by atoms with E-state index in [2.05, 4.69) is 48.7 Å². The van der Waals surface area contributed by atoms with Crippen LogP contribution in [-0.4, -0.2) is 23.1 Å². The standard InChI is InChI=1S/C15H24IN3O/c1-5-15(4,20-7-3)14-18-12(10-8-9-10)11(16)13(19-14)17-6-2/h10H,5-9H2,1-4H3,(H,17,18,19). The highest BCUT2D eigenvalue weighted by molar-refractivity contribution is 14.1. The number of nitrogens with one attached hydrogen (secondary N) is 1. The van der Waals surface area contributed by atoms with Crippen LogP contribution in [0.2, 0.25) is 0 Å². The lowest BCUT2D eigenvalue weighted by molar-refractivity contribution is -0.0391. The van der Waals surface area contributed by atoms with Crippen LogP contribution in [0.25, 0.3) is 0 Å². The van der Waals surface area contributed by atoms with E-state index in [1.807, 2.05) is 6.92 Å². The Morgan fingerprint density at radius 1 is 1.30 bits per heavy atom. The van der Waals surface area contributed by atoms with Crippen LogP contribution in [0.5, 0.6) is 0 Å². The van der Waals surface area contributed by atoms with Crippen molar-refractivity contribution in [2.75, 3.05) is 18.5 Å². The van der Waals surface area contributed by atoms with Gasteiger partial charge in [0.25, 0.3) is 0 Å². The third-order valence-electron chi connectivity index (χ3n) is 3.80. The van der Waals surface area contributed by atoms with Crippen molar-refractivity contribution >= 4 is 28.4 Å². The molecule has 1 aliphatic rings. The molecule has 2 rings (SSSR count). The minimum atomic E-state index is -0.396. The maximum atomic E-state index is 5.94. The molecule has 4 nitrogen and oxygen atoms in total. The summed E-state index contributed by atoms with van der Waals surface area (Å²) in [5.41, 5.74) is 0.804. The molecule has 0 amide bonds. The lowest BCUT2D eigenvalue weighted by Crippen LogP contribution is -2.29. The lowest BCUT2D eigenvalue weighted by atomic mass is 10.0. The molecule has 1 fully saturated rings. The summed E-state index contributed by atoms with van der Waals surface area (Å²) < 4.78 is 7.11. The number of ether oxygens (including phenoxy) is 1. The molecule has 0 bridgehead atoms. The Labute approximate surface area is 135 Å². The Morgan fingerprint density at radius 3 is 2.50 bits per heavy atom. The van der Waals surface area contributed by atoms with Gasteiger partial charge in [-0.05, 0) is 62.6 Å². The van der Waals surface area contributed by atoms with Crippen LogP contribution < -0.4 is 5.32 Å². The van der Waals surface area contributed by atoms with E-state index in [-0.39, 0.29) is 0 Å². The van der Waals surface area contributed by atoms with Crippen molar-refractivity contribution < 1.29 is 4.74 Å². The molecule has 1 aliphatic carbocycles. The second-order valence-electron chi connectivity index (χ2n) is 5.42. The van der Waals surface area contributed by atoms with E-state index in [1.165, 1.54) is 22.1 Å². The van der Waals surface area contributed by atoms with Gasteiger partial charge in [0.2, 0.25) is 0 Å². The first-order valence-electron chi connectivity index (χ1n) is 7.51. The first-order valence-corrected chi connectivity index (χ1v) is 8.59. The van der Waals surface area contributed by atoms with Crippen molar-refractivity contribution in [3.05, 3.63) is 15.1 Å². The van der Waals surface area contributed by atoms with E-state index >= 15 is 0 Å². The van der Waals surface area contributed by atoms with Crippen LogP contribution in [0.4, 0.5) is 5.82 Å². The molecule has 0 aliphatic heterocycles. The number of halogens is 1. The van der Waals surface area contributed by atoms with E-state index in [0.29, 0.717) is 12.5 Å². The molecule has 1 aromatic rings. The fourth-order valence-corrected chi connectivity index (χ4v) is 3.13. The monoisotopic (exact) mass is 389 g/mol. The Bertz CT molecular complexity index is 476. The number of hydrogen-bond acceptors (Lipinski definition) is 4. The summed E-state index contributed by atoms with van der Waals surface area (Å²) in [5.74, 6) is 2.39. The molecule has 1 heterocycles. The van der Waals surface area contributed by atoms with Gasteiger partial charge < -0.3 is 10.1 Å². The van der Waals surface area contributed by atoms with Gasteiger partial charge in [0.1, 0.15) is 11.4 Å². The minimum Gasteiger partial charge on any atom is -0.369 e. The fourth-order valence-electron chi connectivity index (χ4n) is 2.26. The first-order chi connectivity index (χ1) is 9.55. The average molecular weight is 389 g/mol. The van der Waals surface area contributed by atoms with Crippen molar-refractivity contribution in [2.24, 2.45) is 0 Å². The highest BCUT2D eigenvalue weighted by Crippen LogP contribution is 2.43. The van der Waals surface area contributed by atoms with Gasteiger partial charge in [-0.25, -0.2) is 9.97 Å². The molecule has 1 saturated carbocycles. The number of hydrogen-bond donors (Lipinski definition) is 1. The van der Waals surface area contributed by atoms with Crippen LogP contribution in [0, 0.1) is 3.57 Å². The van der Waals surface area contributed by atoms with E-state index in [1.54, 1.807) is 0 Å². The van der Waals surface area contributed by atoms with Crippen molar-refractivity contribution in [3.8, 4) is 0 Å². The predicted molar refractivity (Wildman–Crippen MR) is 90.2 cm³/mol. The Kier molecular flexibility index (Phi) is 5.23. The normalized spacial score (nSPS) is 17.9. The summed E-state index contributed by atoms with van der Waals surface area (Å²) in [6.07, 6.45) is 3.36. The van der Waals surface area contributed by atoms with Crippen molar-refractivity contribution in [2.45, 2.75) is 58.5 Å². The maximum absolute atomic E-state index is 5.94.